The summed E-state index contributed by atoms with van der Waals surface area (Å²) in [6.45, 7) is 2.32. The van der Waals surface area contributed by atoms with Gasteiger partial charge in [-0.2, -0.15) is 0 Å². The molecule has 2 N–H and O–H groups in total. The lowest BCUT2D eigenvalue weighted by atomic mass is 10.2. The molecule has 0 radical (unpaired) electrons. The zero-order chi connectivity index (χ0) is 20.0. The molecular weight excluding hydrogens is 376 g/mol. The molecule has 6 nitrogen and oxygen atoms in total. The molecule has 0 spiro atoms. The van der Waals surface area contributed by atoms with Crippen LogP contribution in [0.4, 0.5) is 11.4 Å². The first kappa shape index (κ1) is 19.4. The van der Waals surface area contributed by atoms with Crippen LogP contribution in [0.15, 0.2) is 83.8 Å². The molecule has 0 unspecified atom stereocenters. The van der Waals surface area contributed by atoms with E-state index in [2.05, 4.69) is 10.0 Å². The average Bonchev–Trinajstić information content (AvgIpc) is 2.70. The number of para-hydroxylation sites is 3. The van der Waals surface area contributed by atoms with E-state index in [1.807, 2.05) is 13.0 Å². The third-order valence-corrected chi connectivity index (χ3v) is 5.25. The Balaban J connectivity index is 1.82. The van der Waals surface area contributed by atoms with Crippen LogP contribution in [0.3, 0.4) is 0 Å². The van der Waals surface area contributed by atoms with Gasteiger partial charge < -0.3 is 10.1 Å². The van der Waals surface area contributed by atoms with Gasteiger partial charge in [-0.1, -0.05) is 36.4 Å². The summed E-state index contributed by atoms with van der Waals surface area (Å²) >= 11 is 0. The number of carbonyl (C=O) groups excluding carboxylic acids is 1. The lowest BCUT2D eigenvalue weighted by molar-refractivity contribution is 0.102. The summed E-state index contributed by atoms with van der Waals surface area (Å²) in [4.78, 5) is 12.6. The van der Waals surface area contributed by atoms with Gasteiger partial charge in [-0.25, -0.2) is 8.42 Å². The number of hydrogen-bond donors (Lipinski definition) is 2. The number of rotatable bonds is 7. The van der Waals surface area contributed by atoms with Crippen molar-refractivity contribution in [3.05, 3.63) is 84.4 Å². The van der Waals surface area contributed by atoms with Crippen molar-refractivity contribution in [1.82, 2.24) is 0 Å². The molecule has 0 bridgehead atoms. The summed E-state index contributed by atoms with van der Waals surface area (Å²) in [5.41, 5.74) is 1.19. The Labute approximate surface area is 164 Å². The predicted molar refractivity (Wildman–Crippen MR) is 109 cm³/mol. The Morgan fingerprint density at radius 1 is 0.929 bits per heavy atom. The average molecular weight is 396 g/mol. The van der Waals surface area contributed by atoms with Crippen molar-refractivity contribution in [2.45, 2.75) is 11.8 Å². The molecule has 0 aliphatic carbocycles. The monoisotopic (exact) mass is 396 g/mol. The largest absolute Gasteiger partial charge is 0.492 e. The minimum Gasteiger partial charge on any atom is -0.492 e. The van der Waals surface area contributed by atoms with Gasteiger partial charge in [0.25, 0.3) is 15.9 Å². The summed E-state index contributed by atoms with van der Waals surface area (Å²) in [6.07, 6.45) is 0. The Morgan fingerprint density at radius 2 is 1.64 bits per heavy atom. The molecule has 0 atom stereocenters. The number of anilines is 2. The van der Waals surface area contributed by atoms with Gasteiger partial charge in [0.15, 0.2) is 0 Å². The van der Waals surface area contributed by atoms with Gasteiger partial charge in [-0.3, -0.25) is 9.52 Å². The summed E-state index contributed by atoms with van der Waals surface area (Å²) in [6, 6.07) is 21.5. The van der Waals surface area contributed by atoms with Gasteiger partial charge in [0.2, 0.25) is 0 Å². The molecule has 28 heavy (non-hydrogen) atoms. The zero-order valence-electron chi connectivity index (χ0n) is 15.3. The molecule has 0 heterocycles. The van der Waals surface area contributed by atoms with Crippen LogP contribution >= 0.6 is 0 Å². The second-order valence-corrected chi connectivity index (χ2v) is 7.57. The second-order valence-electron chi connectivity index (χ2n) is 5.88. The normalized spacial score (nSPS) is 10.9. The fraction of sp³-hybridized carbons (Fsp3) is 0.0952. The Bertz CT molecular complexity index is 1070. The molecule has 144 valence electrons. The van der Waals surface area contributed by atoms with Crippen LogP contribution in [0.1, 0.15) is 17.3 Å². The lowest BCUT2D eigenvalue weighted by Crippen LogP contribution is -2.16. The number of sulfonamides is 1. The van der Waals surface area contributed by atoms with E-state index < -0.39 is 15.9 Å². The van der Waals surface area contributed by atoms with Crippen molar-refractivity contribution in [1.29, 1.82) is 0 Å². The standard InChI is InChI=1S/C21H20N2O4S/c1-2-27-20-14-7-6-13-19(20)22-21(24)16-9-8-12-18(15-16)28(25,26)23-17-10-4-3-5-11-17/h3-15,23H,2H2,1H3,(H,22,24). The second kappa shape index (κ2) is 8.58. The molecule has 3 rings (SSSR count). The maximum atomic E-state index is 12.6. The van der Waals surface area contributed by atoms with E-state index in [0.29, 0.717) is 23.7 Å². The zero-order valence-corrected chi connectivity index (χ0v) is 16.1. The van der Waals surface area contributed by atoms with Crippen molar-refractivity contribution in [2.24, 2.45) is 0 Å². The molecule has 0 aliphatic heterocycles. The van der Waals surface area contributed by atoms with E-state index in [-0.39, 0.29) is 10.5 Å². The highest BCUT2D eigenvalue weighted by molar-refractivity contribution is 7.92. The van der Waals surface area contributed by atoms with Crippen LogP contribution in [0, 0.1) is 0 Å². The molecule has 0 aliphatic rings. The smallest absolute Gasteiger partial charge is 0.261 e. The fourth-order valence-corrected chi connectivity index (χ4v) is 3.67. The maximum absolute atomic E-state index is 12.6. The first-order valence-corrected chi connectivity index (χ1v) is 10.2. The highest BCUT2D eigenvalue weighted by Crippen LogP contribution is 2.25. The first-order valence-electron chi connectivity index (χ1n) is 8.71. The molecule has 1 amide bonds. The third kappa shape index (κ3) is 4.69. The summed E-state index contributed by atoms with van der Waals surface area (Å²) < 4.78 is 33.2. The minimum absolute atomic E-state index is 0.00194. The summed E-state index contributed by atoms with van der Waals surface area (Å²) in [5.74, 6) is 0.122. The number of ether oxygens (including phenoxy) is 1. The molecule has 3 aromatic rings. The van der Waals surface area contributed by atoms with Gasteiger partial charge >= 0.3 is 0 Å². The van der Waals surface area contributed by atoms with Crippen molar-refractivity contribution in [2.75, 3.05) is 16.6 Å². The predicted octanol–water partition coefficient (Wildman–Crippen LogP) is 4.14. The number of hydrogen-bond acceptors (Lipinski definition) is 4. The Kier molecular flexibility index (Phi) is 5.96. The summed E-state index contributed by atoms with van der Waals surface area (Å²) in [7, 11) is -3.81. The van der Waals surface area contributed by atoms with Gasteiger partial charge in [0, 0.05) is 11.3 Å². The molecule has 0 aromatic heterocycles. The Morgan fingerprint density at radius 3 is 2.39 bits per heavy atom. The third-order valence-electron chi connectivity index (χ3n) is 3.87. The van der Waals surface area contributed by atoms with Crippen molar-refractivity contribution in [3.8, 4) is 5.75 Å². The van der Waals surface area contributed by atoms with Gasteiger partial charge in [-0.05, 0) is 49.4 Å². The number of amides is 1. The fourth-order valence-electron chi connectivity index (χ4n) is 2.57. The number of nitrogens with one attached hydrogen (secondary N) is 2. The van der Waals surface area contributed by atoms with Crippen LogP contribution < -0.4 is 14.8 Å². The molecule has 0 fully saturated rings. The maximum Gasteiger partial charge on any atom is 0.261 e. The van der Waals surface area contributed by atoms with Crippen molar-refractivity contribution in [3.63, 3.8) is 0 Å². The van der Waals surface area contributed by atoms with Gasteiger partial charge in [0.1, 0.15) is 5.75 Å². The van der Waals surface area contributed by atoms with E-state index in [1.54, 1.807) is 54.6 Å². The van der Waals surface area contributed by atoms with E-state index in [4.69, 9.17) is 4.74 Å². The molecule has 0 saturated heterocycles. The van der Waals surface area contributed by atoms with E-state index in [0.717, 1.165) is 0 Å². The number of carbonyl (C=O) groups is 1. The molecule has 7 heteroatoms. The lowest BCUT2D eigenvalue weighted by Gasteiger charge is -2.12. The van der Waals surface area contributed by atoms with Crippen molar-refractivity contribution < 1.29 is 17.9 Å². The van der Waals surface area contributed by atoms with Crippen LogP contribution in [-0.4, -0.2) is 20.9 Å². The minimum atomic E-state index is -3.81. The molecular formula is C21H20N2O4S. The van der Waals surface area contributed by atoms with E-state index >= 15 is 0 Å². The topological polar surface area (TPSA) is 84.5 Å². The van der Waals surface area contributed by atoms with Crippen LogP contribution in [-0.2, 0) is 10.0 Å². The SMILES string of the molecule is CCOc1ccccc1NC(=O)c1cccc(S(=O)(=O)Nc2ccccc2)c1. The quantitative estimate of drug-likeness (QED) is 0.629. The van der Waals surface area contributed by atoms with Crippen LogP contribution in [0.2, 0.25) is 0 Å². The van der Waals surface area contributed by atoms with Crippen molar-refractivity contribution >= 4 is 27.3 Å². The molecule has 0 saturated carbocycles. The van der Waals surface area contributed by atoms with Crippen LogP contribution in [0.25, 0.3) is 0 Å². The number of benzene rings is 3. The van der Waals surface area contributed by atoms with E-state index in [9.17, 15) is 13.2 Å². The highest BCUT2D eigenvalue weighted by Gasteiger charge is 2.17. The van der Waals surface area contributed by atoms with Crippen LogP contribution in [0.5, 0.6) is 5.75 Å². The van der Waals surface area contributed by atoms with E-state index in [1.165, 1.54) is 18.2 Å². The molecule has 3 aromatic carbocycles. The van der Waals surface area contributed by atoms with Gasteiger partial charge in [-0.15, -0.1) is 0 Å². The Hall–Kier alpha value is -3.32. The highest BCUT2D eigenvalue weighted by atomic mass is 32.2. The van der Waals surface area contributed by atoms with Gasteiger partial charge in [0.05, 0.1) is 17.2 Å². The first-order chi connectivity index (χ1) is 13.5. The summed E-state index contributed by atoms with van der Waals surface area (Å²) in [5, 5.41) is 2.76.